The molecule has 1 aliphatic rings. The molecule has 1 fully saturated rings. The molecule has 1 N–H and O–H groups in total. The van der Waals surface area contributed by atoms with Gasteiger partial charge in [-0.1, -0.05) is 43.2 Å². The highest BCUT2D eigenvalue weighted by atomic mass is 32.2. The van der Waals surface area contributed by atoms with Crippen LogP contribution in [0.4, 0.5) is 11.4 Å². The molecular formula is C22H26N2O2S. The van der Waals surface area contributed by atoms with E-state index >= 15 is 0 Å². The minimum atomic E-state index is -0.0382. The van der Waals surface area contributed by atoms with Crippen molar-refractivity contribution in [1.29, 1.82) is 0 Å². The van der Waals surface area contributed by atoms with Gasteiger partial charge in [0.1, 0.15) is 5.37 Å². The van der Waals surface area contributed by atoms with E-state index in [-0.39, 0.29) is 17.2 Å². The van der Waals surface area contributed by atoms with E-state index in [2.05, 4.69) is 25.2 Å². The molecule has 0 spiro atoms. The second-order valence-electron chi connectivity index (χ2n) is 6.99. The van der Waals surface area contributed by atoms with Gasteiger partial charge in [0.05, 0.1) is 5.75 Å². The Bertz CT molecular complexity index is 833. The van der Waals surface area contributed by atoms with Crippen LogP contribution in [0.15, 0.2) is 42.5 Å². The molecule has 5 heteroatoms. The van der Waals surface area contributed by atoms with Crippen molar-refractivity contribution >= 4 is 35.0 Å². The van der Waals surface area contributed by atoms with E-state index in [9.17, 15) is 9.59 Å². The predicted molar refractivity (Wildman–Crippen MR) is 113 cm³/mol. The fourth-order valence-corrected chi connectivity index (χ4v) is 4.47. The van der Waals surface area contributed by atoms with Crippen LogP contribution in [-0.2, 0) is 9.59 Å². The van der Waals surface area contributed by atoms with Gasteiger partial charge in [0.25, 0.3) is 0 Å². The van der Waals surface area contributed by atoms with Crippen molar-refractivity contribution < 1.29 is 9.59 Å². The van der Waals surface area contributed by atoms with Crippen molar-refractivity contribution in [1.82, 2.24) is 0 Å². The van der Waals surface area contributed by atoms with Crippen molar-refractivity contribution in [2.24, 2.45) is 0 Å². The lowest BCUT2D eigenvalue weighted by atomic mass is 10.1. The van der Waals surface area contributed by atoms with Gasteiger partial charge in [-0.3, -0.25) is 14.5 Å². The number of carbonyl (C=O) groups excluding carboxylic acids is 2. The van der Waals surface area contributed by atoms with Crippen LogP contribution in [0, 0.1) is 13.8 Å². The lowest BCUT2D eigenvalue weighted by Gasteiger charge is -2.26. The lowest BCUT2D eigenvalue weighted by molar-refractivity contribution is -0.116. The summed E-state index contributed by atoms with van der Waals surface area (Å²) >= 11 is 1.64. The molecule has 1 heterocycles. The molecule has 1 atom stereocenters. The highest BCUT2D eigenvalue weighted by Crippen LogP contribution is 2.43. The third-order valence-electron chi connectivity index (χ3n) is 4.72. The lowest BCUT2D eigenvalue weighted by Crippen LogP contribution is -2.28. The maximum absolute atomic E-state index is 12.6. The van der Waals surface area contributed by atoms with Crippen LogP contribution in [0.3, 0.4) is 0 Å². The molecule has 0 aromatic heterocycles. The van der Waals surface area contributed by atoms with E-state index in [0.29, 0.717) is 12.2 Å². The maximum Gasteiger partial charge on any atom is 0.238 e. The van der Waals surface area contributed by atoms with Crippen LogP contribution in [-0.4, -0.2) is 17.6 Å². The largest absolute Gasteiger partial charge is 0.326 e. The number of unbranched alkanes of at least 4 members (excludes halogenated alkanes) is 1. The summed E-state index contributed by atoms with van der Waals surface area (Å²) in [7, 11) is 0. The summed E-state index contributed by atoms with van der Waals surface area (Å²) in [6, 6.07) is 14.0. The Morgan fingerprint density at radius 3 is 2.59 bits per heavy atom. The summed E-state index contributed by atoms with van der Waals surface area (Å²) in [5, 5.41) is 2.90. The van der Waals surface area contributed by atoms with Crippen molar-refractivity contribution in [3.05, 3.63) is 59.2 Å². The number of hydrogen-bond acceptors (Lipinski definition) is 3. The maximum atomic E-state index is 12.6. The molecule has 0 radical (unpaired) electrons. The highest BCUT2D eigenvalue weighted by molar-refractivity contribution is 8.00. The van der Waals surface area contributed by atoms with Crippen LogP contribution in [0.25, 0.3) is 0 Å². The van der Waals surface area contributed by atoms with Gasteiger partial charge in [0.15, 0.2) is 0 Å². The monoisotopic (exact) mass is 382 g/mol. The second kappa shape index (κ2) is 8.61. The number of nitrogens with zero attached hydrogens (tertiary/aromatic N) is 1. The average molecular weight is 383 g/mol. The molecular weight excluding hydrogens is 356 g/mol. The number of aryl methyl sites for hydroxylation is 2. The third kappa shape index (κ3) is 4.53. The highest BCUT2D eigenvalue weighted by Gasteiger charge is 2.34. The van der Waals surface area contributed by atoms with E-state index in [4.69, 9.17) is 0 Å². The Balaban J connectivity index is 1.78. The SMILES string of the molecule is CCCCC(=O)Nc1ccc(C2SCC(=O)N2c2ccc(C)cc2C)cc1. The van der Waals surface area contributed by atoms with Crippen LogP contribution < -0.4 is 10.2 Å². The quantitative estimate of drug-likeness (QED) is 0.746. The van der Waals surface area contributed by atoms with Crippen molar-refractivity contribution in [3.8, 4) is 0 Å². The first kappa shape index (κ1) is 19.5. The third-order valence-corrected chi connectivity index (χ3v) is 5.93. The number of amides is 2. The Hall–Kier alpha value is -2.27. The molecule has 0 aliphatic carbocycles. The Kier molecular flexibility index (Phi) is 6.22. The summed E-state index contributed by atoms with van der Waals surface area (Å²) in [5.41, 5.74) is 5.13. The van der Waals surface area contributed by atoms with Crippen LogP contribution in [0.2, 0.25) is 0 Å². The average Bonchev–Trinajstić information content (AvgIpc) is 3.02. The standard InChI is InChI=1S/C22H26N2O2S/c1-4-5-6-20(25)23-18-10-8-17(9-11-18)22-24(21(26)14-27-22)19-12-7-15(2)13-16(19)3/h7-13,22H,4-6,14H2,1-3H3,(H,23,25). The minimum absolute atomic E-state index is 0.0382. The molecule has 2 aromatic rings. The van der Waals surface area contributed by atoms with Crippen molar-refractivity contribution in [3.63, 3.8) is 0 Å². The number of rotatable bonds is 6. The number of hydrogen-bond donors (Lipinski definition) is 1. The number of carbonyl (C=O) groups is 2. The van der Waals surface area contributed by atoms with E-state index in [1.165, 1.54) is 5.56 Å². The smallest absolute Gasteiger partial charge is 0.238 e. The van der Waals surface area contributed by atoms with E-state index in [1.807, 2.05) is 48.2 Å². The van der Waals surface area contributed by atoms with Crippen LogP contribution in [0.1, 0.15) is 48.3 Å². The van der Waals surface area contributed by atoms with Gasteiger partial charge in [-0.15, -0.1) is 11.8 Å². The molecule has 4 nitrogen and oxygen atoms in total. The summed E-state index contributed by atoms with van der Waals surface area (Å²) in [6.07, 6.45) is 2.45. The minimum Gasteiger partial charge on any atom is -0.326 e. The van der Waals surface area contributed by atoms with Gasteiger partial charge in [-0.25, -0.2) is 0 Å². The topological polar surface area (TPSA) is 49.4 Å². The zero-order valence-corrected chi connectivity index (χ0v) is 16.9. The number of anilines is 2. The first-order chi connectivity index (χ1) is 13.0. The Labute approximate surface area is 165 Å². The molecule has 0 saturated carbocycles. The van der Waals surface area contributed by atoms with Crippen molar-refractivity contribution in [2.75, 3.05) is 16.0 Å². The van der Waals surface area contributed by atoms with E-state index in [0.717, 1.165) is 35.3 Å². The van der Waals surface area contributed by atoms with Gasteiger partial charge in [0, 0.05) is 17.8 Å². The van der Waals surface area contributed by atoms with Crippen molar-refractivity contribution in [2.45, 2.75) is 45.4 Å². The summed E-state index contributed by atoms with van der Waals surface area (Å²) in [6.45, 7) is 6.18. The van der Waals surface area contributed by atoms with Crippen LogP contribution >= 0.6 is 11.8 Å². The Morgan fingerprint density at radius 1 is 1.19 bits per heavy atom. The van der Waals surface area contributed by atoms with Gasteiger partial charge >= 0.3 is 0 Å². The molecule has 2 aromatic carbocycles. The predicted octanol–water partition coefficient (Wildman–Crippen LogP) is 5.21. The first-order valence-corrected chi connectivity index (χ1v) is 10.4. The molecule has 0 bridgehead atoms. The van der Waals surface area contributed by atoms with Gasteiger partial charge in [0.2, 0.25) is 11.8 Å². The molecule has 2 amide bonds. The normalized spacial score (nSPS) is 16.6. The molecule has 3 rings (SSSR count). The summed E-state index contributed by atoms with van der Waals surface area (Å²) < 4.78 is 0. The van der Waals surface area contributed by atoms with Gasteiger partial charge in [-0.05, 0) is 49.6 Å². The Morgan fingerprint density at radius 2 is 1.93 bits per heavy atom. The van der Waals surface area contributed by atoms with Crippen LogP contribution in [0.5, 0.6) is 0 Å². The van der Waals surface area contributed by atoms with Gasteiger partial charge < -0.3 is 5.32 Å². The van der Waals surface area contributed by atoms with E-state index in [1.54, 1.807) is 11.8 Å². The summed E-state index contributed by atoms with van der Waals surface area (Å²) in [5.74, 6) is 0.661. The zero-order valence-electron chi connectivity index (χ0n) is 16.1. The molecule has 1 aliphatic heterocycles. The molecule has 142 valence electrons. The number of benzene rings is 2. The first-order valence-electron chi connectivity index (χ1n) is 9.40. The molecule has 1 unspecified atom stereocenters. The second-order valence-corrected chi connectivity index (χ2v) is 8.06. The fraction of sp³-hybridized carbons (Fsp3) is 0.364. The molecule has 1 saturated heterocycles. The fourth-order valence-electron chi connectivity index (χ4n) is 3.30. The van der Waals surface area contributed by atoms with Gasteiger partial charge in [-0.2, -0.15) is 0 Å². The number of nitrogens with one attached hydrogen (secondary N) is 1. The molecule has 27 heavy (non-hydrogen) atoms. The van der Waals surface area contributed by atoms with E-state index < -0.39 is 0 Å². The number of thioether (sulfide) groups is 1. The summed E-state index contributed by atoms with van der Waals surface area (Å²) in [4.78, 5) is 26.3. The zero-order chi connectivity index (χ0) is 19.4.